The molecule has 1 aromatic carbocycles. The summed E-state index contributed by atoms with van der Waals surface area (Å²) in [6.07, 6.45) is 0. The van der Waals surface area contributed by atoms with Gasteiger partial charge >= 0.3 is 0 Å². The second kappa shape index (κ2) is 5.60. The minimum Gasteiger partial charge on any atom is -0.497 e. The predicted molar refractivity (Wildman–Crippen MR) is 71.0 cm³/mol. The average molecular weight is 265 g/mol. The Morgan fingerprint density at radius 3 is 2.89 bits per heavy atom. The zero-order chi connectivity index (χ0) is 13.0. The number of benzene rings is 1. The van der Waals surface area contributed by atoms with Crippen molar-refractivity contribution in [3.63, 3.8) is 0 Å². The number of halogens is 1. The highest BCUT2D eigenvalue weighted by molar-refractivity contribution is 6.29. The summed E-state index contributed by atoms with van der Waals surface area (Å²) >= 11 is 5.78. The molecule has 2 rings (SSSR count). The van der Waals surface area contributed by atoms with Crippen molar-refractivity contribution in [1.29, 1.82) is 0 Å². The first-order valence-electron chi connectivity index (χ1n) is 5.37. The zero-order valence-corrected chi connectivity index (χ0v) is 10.6. The Morgan fingerprint density at radius 1 is 1.28 bits per heavy atom. The van der Waals surface area contributed by atoms with Gasteiger partial charge in [0.2, 0.25) is 5.88 Å². The van der Waals surface area contributed by atoms with Crippen molar-refractivity contribution in [1.82, 2.24) is 4.98 Å². The molecule has 0 spiro atoms. The molecule has 0 saturated heterocycles. The molecular formula is C13H13ClN2O2. The number of hydrogen-bond acceptors (Lipinski definition) is 4. The van der Waals surface area contributed by atoms with E-state index in [1.807, 2.05) is 24.3 Å². The second-order valence-corrected chi connectivity index (χ2v) is 4.06. The summed E-state index contributed by atoms with van der Waals surface area (Å²) in [6, 6.07) is 10.9. The molecule has 1 heterocycles. The van der Waals surface area contributed by atoms with E-state index in [0.29, 0.717) is 23.3 Å². The van der Waals surface area contributed by atoms with Crippen LogP contribution in [-0.2, 0) is 6.61 Å². The van der Waals surface area contributed by atoms with E-state index in [2.05, 4.69) is 4.98 Å². The van der Waals surface area contributed by atoms with E-state index < -0.39 is 0 Å². The Kier molecular flexibility index (Phi) is 3.89. The minimum absolute atomic E-state index is 0.338. The van der Waals surface area contributed by atoms with Gasteiger partial charge in [-0.05, 0) is 29.8 Å². The van der Waals surface area contributed by atoms with Crippen LogP contribution in [0, 0.1) is 0 Å². The third-order valence-corrected chi connectivity index (χ3v) is 2.58. The Labute approximate surface area is 110 Å². The first-order valence-corrected chi connectivity index (χ1v) is 5.74. The lowest BCUT2D eigenvalue weighted by atomic mass is 10.2. The van der Waals surface area contributed by atoms with Gasteiger partial charge in [-0.1, -0.05) is 23.7 Å². The fraction of sp³-hybridized carbons (Fsp3) is 0.154. The topological polar surface area (TPSA) is 57.4 Å². The maximum absolute atomic E-state index is 5.78. The van der Waals surface area contributed by atoms with E-state index in [9.17, 15) is 0 Å². The maximum atomic E-state index is 5.78. The monoisotopic (exact) mass is 264 g/mol. The number of hydrogen-bond donors (Lipinski definition) is 1. The van der Waals surface area contributed by atoms with Crippen LogP contribution in [0.15, 0.2) is 36.4 Å². The molecule has 94 valence electrons. The summed E-state index contributed by atoms with van der Waals surface area (Å²) in [4.78, 5) is 4.02. The number of pyridine rings is 1. The van der Waals surface area contributed by atoms with Crippen molar-refractivity contribution < 1.29 is 9.47 Å². The molecule has 0 aliphatic heterocycles. The lowest BCUT2D eigenvalue weighted by Crippen LogP contribution is -2.01. The summed E-state index contributed by atoms with van der Waals surface area (Å²) in [5, 5.41) is 0.352. The molecule has 5 heteroatoms. The van der Waals surface area contributed by atoms with Crippen molar-refractivity contribution in [2.24, 2.45) is 0 Å². The standard InChI is InChI=1S/C13H13ClN2O2/c1-17-10-4-2-3-9(7-10)8-18-13-11(15)5-6-12(14)16-13/h2-7H,8,15H2,1H3. The van der Waals surface area contributed by atoms with Crippen LogP contribution >= 0.6 is 11.6 Å². The maximum Gasteiger partial charge on any atom is 0.238 e. The molecule has 0 aliphatic rings. The number of nitrogen functional groups attached to an aromatic ring is 1. The number of ether oxygens (including phenoxy) is 2. The van der Waals surface area contributed by atoms with Gasteiger partial charge in [-0.25, -0.2) is 0 Å². The van der Waals surface area contributed by atoms with Crippen LogP contribution in [-0.4, -0.2) is 12.1 Å². The smallest absolute Gasteiger partial charge is 0.238 e. The number of methoxy groups -OCH3 is 1. The minimum atomic E-state index is 0.338. The van der Waals surface area contributed by atoms with Crippen molar-refractivity contribution in [2.45, 2.75) is 6.61 Å². The van der Waals surface area contributed by atoms with Crippen LogP contribution in [0.1, 0.15) is 5.56 Å². The number of aromatic nitrogens is 1. The fourth-order valence-corrected chi connectivity index (χ4v) is 1.60. The highest BCUT2D eigenvalue weighted by Crippen LogP contribution is 2.22. The van der Waals surface area contributed by atoms with Crippen molar-refractivity contribution in [3.05, 3.63) is 47.1 Å². The molecule has 0 unspecified atom stereocenters. The highest BCUT2D eigenvalue weighted by Gasteiger charge is 2.04. The van der Waals surface area contributed by atoms with Gasteiger partial charge in [0.25, 0.3) is 0 Å². The lowest BCUT2D eigenvalue weighted by Gasteiger charge is -2.08. The van der Waals surface area contributed by atoms with Crippen LogP contribution in [0.3, 0.4) is 0 Å². The first kappa shape index (κ1) is 12.5. The van der Waals surface area contributed by atoms with E-state index in [-0.39, 0.29) is 0 Å². The van der Waals surface area contributed by atoms with Crippen molar-refractivity contribution in [3.8, 4) is 11.6 Å². The molecule has 2 aromatic rings. The summed E-state index contributed by atoms with van der Waals surface area (Å²) in [5.41, 5.74) is 7.17. The van der Waals surface area contributed by atoms with E-state index in [0.717, 1.165) is 11.3 Å². The molecular weight excluding hydrogens is 252 g/mol. The molecule has 0 fully saturated rings. The van der Waals surface area contributed by atoms with E-state index in [1.165, 1.54) is 0 Å². The van der Waals surface area contributed by atoms with Crippen LogP contribution in [0.25, 0.3) is 0 Å². The Balaban J connectivity index is 2.08. The lowest BCUT2D eigenvalue weighted by molar-refractivity contribution is 0.295. The predicted octanol–water partition coefficient (Wildman–Crippen LogP) is 2.90. The Hall–Kier alpha value is -1.94. The van der Waals surface area contributed by atoms with Crippen molar-refractivity contribution in [2.75, 3.05) is 12.8 Å². The van der Waals surface area contributed by atoms with Crippen LogP contribution < -0.4 is 15.2 Å². The Bertz CT molecular complexity index is 546. The van der Waals surface area contributed by atoms with Gasteiger partial charge in [0.1, 0.15) is 17.5 Å². The largest absolute Gasteiger partial charge is 0.497 e. The number of nitrogens with two attached hydrogens (primary N) is 1. The summed E-state index contributed by atoms with van der Waals surface area (Å²) < 4.78 is 10.7. The normalized spacial score (nSPS) is 10.1. The zero-order valence-electron chi connectivity index (χ0n) is 9.89. The molecule has 0 atom stereocenters. The fourth-order valence-electron chi connectivity index (χ4n) is 1.46. The highest BCUT2D eigenvalue weighted by atomic mass is 35.5. The van der Waals surface area contributed by atoms with Gasteiger partial charge in [-0.3, -0.25) is 0 Å². The van der Waals surface area contributed by atoms with Gasteiger partial charge in [0, 0.05) is 0 Å². The average Bonchev–Trinajstić information content (AvgIpc) is 2.40. The molecule has 1 aromatic heterocycles. The molecule has 0 amide bonds. The van der Waals surface area contributed by atoms with Gasteiger partial charge < -0.3 is 15.2 Å². The molecule has 0 bridgehead atoms. The molecule has 2 N–H and O–H groups in total. The second-order valence-electron chi connectivity index (χ2n) is 3.67. The molecule has 0 aliphatic carbocycles. The van der Waals surface area contributed by atoms with Gasteiger partial charge in [0.05, 0.1) is 12.8 Å². The van der Waals surface area contributed by atoms with E-state index in [4.69, 9.17) is 26.8 Å². The molecule has 18 heavy (non-hydrogen) atoms. The first-order chi connectivity index (χ1) is 8.69. The van der Waals surface area contributed by atoms with Crippen LogP contribution in [0.5, 0.6) is 11.6 Å². The summed E-state index contributed by atoms with van der Waals surface area (Å²) in [7, 11) is 1.62. The Morgan fingerprint density at radius 2 is 2.11 bits per heavy atom. The van der Waals surface area contributed by atoms with Gasteiger partial charge in [0.15, 0.2) is 0 Å². The number of nitrogens with zero attached hydrogens (tertiary/aromatic N) is 1. The SMILES string of the molecule is COc1cccc(COc2nc(Cl)ccc2N)c1. The van der Waals surface area contributed by atoms with Gasteiger partial charge in [-0.2, -0.15) is 4.98 Å². The third kappa shape index (κ3) is 3.05. The molecule has 4 nitrogen and oxygen atoms in total. The number of anilines is 1. The van der Waals surface area contributed by atoms with Gasteiger partial charge in [-0.15, -0.1) is 0 Å². The molecule has 0 radical (unpaired) electrons. The van der Waals surface area contributed by atoms with Crippen LogP contribution in [0.2, 0.25) is 5.15 Å². The number of rotatable bonds is 4. The van der Waals surface area contributed by atoms with Crippen molar-refractivity contribution >= 4 is 17.3 Å². The third-order valence-electron chi connectivity index (χ3n) is 2.37. The van der Waals surface area contributed by atoms with E-state index >= 15 is 0 Å². The van der Waals surface area contributed by atoms with E-state index in [1.54, 1.807) is 19.2 Å². The molecule has 0 saturated carbocycles. The summed E-state index contributed by atoms with van der Waals surface area (Å²) in [5.74, 6) is 1.12. The van der Waals surface area contributed by atoms with Crippen LogP contribution in [0.4, 0.5) is 5.69 Å². The quantitative estimate of drug-likeness (QED) is 0.863. The summed E-state index contributed by atoms with van der Waals surface area (Å²) in [6.45, 7) is 0.356.